The van der Waals surface area contributed by atoms with Gasteiger partial charge in [-0.15, -0.1) is 0 Å². The van der Waals surface area contributed by atoms with Crippen LogP contribution >= 0.6 is 11.6 Å². The molecule has 110 valence electrons. The van der Waals surface area contributed by atoms with Gasteiger partial charge in [0.05, 0.1) is 0 Å². The summed E-state index contributed by atoms with van der Waals surface area (Å²) in [5.41, 5.74) is 0. The standard InChI is InChI=1S/C12H19ClN6O/c1-14-9(20)5-6-15-11-16-10(13)17-12(18-11)19-7-3-2-4-8-19/h2-8H2,1H3,(H,14,20)(H,15,16,17,18). The Bertz CT molecular complexity index is 463. The predicted molar refractivity (Wildman–Crippen MR) is 78.1 cm³/mol. The van der Waals surface area contributed by atoms with Crippen molar-refractivity contribution in [1.29, 1.82) is 0 Å². The van der Waals surface area contributed by atoms with Gasteiger partial charge in [-0.1, -0.05) is 0 Å². The van der Waals surface area contributed by atoms with E-state index in [9.17, 15) is 4.79 Å². The number of nitrogens with zero attached hydrogens (tertiary/aromatic N) is 4. The summed E-state index contributed by atoms with van der Waals surface area (Å²) in [6.45, 7) is 2.34. The van der Waals surface area contributed by atoms with E-state index < -0.39 is 0 Å². The average Bonchev–Trinajstić information content (AvgIpc) is 2.47. The Morgan fingerprint density at radius 3 is 2.70 bits per heavy atom. The number of halogens is 1. The topological polar surface area (TPSA) is 83.0 Å². The third-order valence-corrected chi connectivity index (χ3v) is 3.32. The van der Waals surface area contributed by atoms with Crippen LogP contribution in [0.25, 0.3) is 0 Å². The minimum absolute atomic E-state index is 0.0334. The Hall–Kier alpha value is -1.63. The van der Waals surface area contributed by atoms with E-state index in [0.29, 0.717) is 24.9 Å². The summed E-state index contributed by atoms with van der Waals surface area (Å²) >= 11 is 5.93. The van der Waals surface area contributed by atoms with E-state index in [0.717, 1.165) is 25.9 Å². The quantitative estimate of drug-likeness (QED) is 0.846. The predicted octanol–water partition coefficient (Wildman–Crippen LogP) is 1.06. The molecule has 0 radical (unpaired) electrons. The number of anilines is 2. The van der Waals surface area contributed by atoms with Gasteiger partial charge >= 0.3 is 0 Å². The molecule has 2 N–H and O–H groups in total. The number of carbonyl (C=O) groups is 1. The Labute approximate surface area is 123 Å². The summed E-state index contributed by atoms with van der Waals surface area (Å²) in [5, 5.41) is 5.72. The highest BCUT2D eigenvalue weighted by Gasteiger charge is 2.15. The largest absolute Gasteiger partial charge is 0.359 e. The summed E-state index contributed by atoms with van der Waals surface area (Å²) in [6.07, 6.45) is 3.89. The first-order valence-corrected chi connectivity index (χ1v) is 7.18. The SMILES string of the molecule is CNC(=O)CCNc1nc(Cl)nc(N2CCCCC2)n1. The van der Waals surface area contributed by atoms with Gasteiger partial charge in [0.1, 0.15) is 0 Å². The van der Waals surface area contributed by atoms with Crippen LogP contribution in [-0.2, 0) is 4.79 Å². The van der Waals surface area contributed by atoms with Crippen molar-refractivity contribution in [3.05, 3.63) is 5.28 Å². The summed E-state index contributed by atoms with van der Waals surface area (Å²) in [6, 6.07) is 0. The van der Waals surface area contributed by atoms with E-state index in [2.05, 4.69) is 30.5 Å². The fourth-order valence-electron chi connectivity index (χ4n) is 2.07. The second-order valence-electron chi connectivity index (χ2n) is 4.63. The molecule has 1 saturated heterocycles. The average molecular weight is 299 g/mol. The van der Waals surface area contributed by atoms with Crippen molar-refractivity contribution in [3.8, 4) is 0 Å². The number of amides is 1. The maximum atomic E-state index is 11.1. The van der Waals surface area contributed by atoms with Gasteiger partial charge in [-0.25, -0.2) is 0 Å². The summed E-state index contributed by atoms with van der Waals surface area (Å²) < 4.78 is 0. The van der Waals surface area contributed by atoms with Crippen LogP contribution in [0.3, 0.4) is 0 Å². The molecule has 0 unspecified atom stereocenters. The van der Waals surface area contributed by atoms with Gasteiger partial charge in [-0.3, -0.25) is 4.79 Å². The Balaban J connectivity index is 1.98. The molecule has 2 heterocycles. The van der Waals surface area contributed by atoms with E-state index in [-0.39, 0.29) is 11.2 Å². The highest BCUT2D eigenvalue weighted by Crippen LogP contribution is 2.18. The first kappa shape index (κ1) is 14.8. The molecule has 8 heteroatoms. The molecule has 2 rings (SSSR count). The van der Waals surface area contributed by atoms with E-state index in [1.54, 1.807) is 7.05 Å². The second kappa shape index (κ2) is 7.23. The molecule has 0 aromatic carbocycles. The van der Waals surface area contributed by atoms with Crippen LogP contribution in [0.1, 0.15) is 25.7 Å². The maximum Gasteiger partial charge on any atom is 0.231 e. The van der Waals surface area contributed by atoms with Crippen molar-refractivity contribution < 1.29 is 4.79 Å². The highest BCUT2D eigenvalue weighted by atomic mass is 35.5. The number of hydrogen-bond acceptors (Lipinski definition) is 6. The molecule has 0 saturated carbocycles. The van der Waals surface area contributed by atoms with E-state index >= 15 is 0 Å². The molecule has 0 atom stereocenters. The fraction of sp³-hybridized carbons (Fsp3) is 0.667. The van der Waals surface area contributed by atoms with E-state index in [1.807, 2.05) is 0 Å². The van der Waals surface area contributed by atoms with E-state index in [4.69, 9.17) is 11.6 Å². The summed E-state index contributed by atoms with van der Waals surface area (Å²) in [4.78, 5) is 25.8. The zero-order valence-corrected chi connectivity index (χ0v) is 12.3. The first-order valence-electron chi connectivity index (χ1n) is 6.80. The zero-order valence-electron chi connectivity index (χ0n) is 11.5. The first-order chi connectivity index (χ1) is 9.69. The number of carbonyl (C=O) groups excluding carboxylic acids is 1. The van der Waals surface area contributed by atoms with Crippen LogP contribution in [0.15, 0.2) is 0 Å². The molecule has 1 aliphatic rings. The Kier molecular flexibility index (Phi) is 5.34. The van der Waals surface area contributed by atoms with Gasteiger partial charge < -0.3 is 15.5 Å². The lowest BCUT2D eigenvalue weighted by atomic mass is 10.1. The van der Waals surface area contributed by atoms with Gasteiger partial charge in [-0.05, 0) is 30.9 Å². The van der Waals surface area contributed by atoms with Crippen molar-refractivity contribution in [2.24, 2.45) is 0 Å². The molecular weight excluding hydrogens is 280 g/mol. The minimum atomic E-state index is -0.0334. The van der Waals surface area contributed by atoms with Crippen LogP contribution in [0.4, 0.5) is 11.9 Å². The van der Waals surface area contributed by atoms with Crippen LogP contribution < -0.4 is 15.5 Å². The fourth-order valence-corrected chi connectivity index (χ4v) is 2.22. The minimum Gasteiger partial charge on any atom is -0.359 e. The third kappa shape index (κ3) is 4.19. The molecule has 7 nitrogen and oxygen atoms in total. The maximum absolute atomic E-state index is 11.1. The number of rotatable bonds is 5. The summed E-state index contributed by atoms with van der Waals surface area (Å²) in [7, 11) is 1.61. The zero-order chi connectivity index (χ0) is 14.4. The van der Waals surface area contributed by atoms with Crippen LogP contribution in [0, 0.1) is 0 Å². The number of piperidine rings is 1. The van der Waals surface area contributed by atoms with Crippen molar-refractivity contribution in [3.63, 3.8) is 0 Å². The number of aromatic nitrogens is 3. The molecule has 0 aliphatic carbocycles. The molecule has 1 aromatic rings. The molecule has 0 bridgehead atoms. The van der Waals surface area contributed by atoms with Crippen LogP contribution in [0.2, 0.25) is 5.28 Å². The van der Waals surface area contributed by atoms with Gasteiger partial charge in [0, 0.05) is 33.1 Å². The molecule has 1 aromatic heterocycles. The smallest absolute Gasteiger partial charge is 0.231 e. The third-order valence-electron chi connectivity index (χ3n) is 3.15. The van der Waals surface area contributed by atoms with Crippen molar-refractivity contribution in [2.45, 2.75) is 25.7 Å². The normalized spacial score (nSPS) is 15.0. The van der Waals surface area contributed by atoms with E-state index in [1.165, 1.54) is 6.42 Å². The van der Waals surface area contributed by atoms with Crippen molar-refractivity contribution in [2.75, 3.05) is 36.9 Å². The monoisotopic (exact) mass is 298 g/mol. The van der Waals surface area contributed by atoms with Crippen LogP contribution in [0.5, 0.6) is 0 Å². The molecule has 1 aliphatic heterocycles. The molecule has 1 amide bonds. The lowest BCUT2D eigenvalue weighted by Gasteiger charge is -2.26. The Morgan fingerprint density at radius 2 is 2.00 bits per heavy atom. The molecule has 0 spiro atoms. The second-order valence-corrected chi connectivity index (χ2v) is 4.96. The molecule has 20 heavy (non-hydrogen) atoms. The number of nitrogens with one attached hydrogen (secondary N) is 2. The van der Waals surface area contributed by atoms with Gasteiger partial charge in [0.25, 0.3) is 0 Å². The molecular formula is C12H19ClN6O. The lowest BCUT2D eigenvalue weighted by molar-refractivity contribution is -0.120. The number of hydrogen-bond donors (Lipinski definition) is 2. The van der Waals surface area contributed by atoms with Crippen molar-refractivity contribution >= 4 is 29.4 Å². The van der Waals surface area contributed by atoms with Gasteiger partial charge in [0.2, 0.25) is 23.1 Å². The Morgan fingerprint density at radius 1 is 1.25 bits per heavy atom. The van der Waals surface area contributed by atoms with Crippen molar-refractivity contribution in [1.82, 2.24) is 20.3 Å². The van der Waals surface area contributed by atoms with Gasteiger partial charge in [-0.2, -0.15) is 15.0 Å². The lowest BCUT2D eigenvalue weighted by Crippen LogP contribution is -2.31. The van der Waals surface area contributed by atoms with Crippen LogP contribution in [-0.4, -0.2) is 47.5 Å². The van der Waals surface area contributed by atoms with Gasteiger partial charge in [0.15, 0.2) is 0 Å². The summed E-state index contributed by atoms with van der Waals surface area (Å²) in [5.74, 6) is 0.982. The highest BCUT2D eigenvalue weighted by molar-refractivity contribution is 6.28. The molecule has 1 fully saturated rings.